The van der Waals surface area contributed by atoms with Crippen molar-refractivity contribution in [2.75, 3.05) is 0 Å². The Morgan fingerprint density at radius 1 is 0.839 bits per heavy atom. The van der Waals surface area contributed by atoms with Crippen LogP contribution in [0.1, 0.15) is 25.0 Å². The number of rotatable bonds is 9. The SMILES string of the molecule is CC(C)(N)C(=O)N[C@@H](Cc1ccc(O)cc1)C(=O)N[C@@H](Cc1ccc(O)cc1)C(=O)O. The van der Waals surface area contributed by atoms with Gasteiger partial charge in [0, 0.05) is 12.8 Å². The van der Waals surface area contributed by atoms with E-state index in [2.05, 4.69) is 10.6 Å². The van der Waals surface area contributed by atoms with Crippen molar-refractivity contribution in [3.63, 3.8) is 0 Å². The van der Waals surface area contributed by atoms with Gasteiger partial charge in [-0.3, -0.25) is 9.59 Å². The molecule has 0 saturated heterocycles. The monoisotopic (exact) mass is 429 g/mol. The molecule has 0 aromatic heterocycles. The zero-order valence-electron chi connectivity index (χ0n) is 17.3. The summed E-state index contributed by atoms with van der Waals surface area (Å²) >= 11 is 0. The Balaban J connectivity index is 2.19. The van der Waals surface area contributed by atoms with Crippen LogP contribution in [0.5, 0.6) is 11.5 Å². The maximum Gasteiger partial charge on any atom is 0.326 e. The Kier molecular flexibility index (Phi) is 7.60. The number of nitrogens with two attached hydrogens (primary N) is 1. The van der Waals surface area contributed by atoms with Gasteiger partial charge in [0.1, 0.15) is 23.6 Å². The van der Waals surface area contributed by atoms with Gasteiger partial charge in [-0.15, -0.1) is 0 Å². The van der Waals surface area contributed by atoms with Crippen molar-refractivity contribution in [3.05, 3.63) is 59.7 Å². The van der Waals surface area contributed by atoms with E-state index in [1.807, 2.05) is 0 Å². The lowest BCUT2D eigenvalue weighted by molar-refractivity contribution is -0.142. The smallest absolute Gasteiger partial charge is 0.326 e. The summed E-state index contributed by atoms with van der Waals surface area (Å²) in [5, 5.41) is 33.4. The van der Waals surface area contributed by atoms with Crippen LogP contribution >= 0.6 is 0 Å². The van der Waals surface area contributed by atoms with Crippen molar-refractivity contribution in [3.8, 4) is 11.5 Å². The second-order valence-corrected chi connectivity index (χ2v) is 7.89. The summed E-state index contributed by atoms with van der Waals surface area (Å²) in [7, 11) is 0. The number of phenolic OH excluding ortho intramolecular Hbond substituents is 2. The van der Waals surface area contributed by atoms with Crippen LogP contribution in [0.3, 0.4) is 0 Å². The molecule has 0 aliphatic carbocycles. The molecule has 9 nitrogen and oxygen atoms in total. The number of amides is 2. The number of phenols is 2. The molecular formula is C22H27N3O6. The third-order valence-corrected chi connectivity index (χ3v) is 4.57. The molecule has 0 bridgehead atoms. The first kappa shape index (κ1) is 23.7. The minimum atomic E-state index is -1.25. The molecule has 2 amide bonds. The highest BCUT2D eigenvalue weighted by molar-refractivity contribution is 5.93. The van der Waals surface area contributed by atoms with E-state index in [0.717, 1.165) is 0 Å². The van der Waals surface area contributed by atoms with Crippen LogP contribution in [0, 0.1) is 0 Å². The van der Waals surface area contributed by atoms with Gasteiger partial charge in [-0.25, -0.2) is 4.79 Å². The fraction of sp³-hybridized carbons (Fsp3) is 0.318. The van der Waals surface area contributed by atoms with Crippen LogP contribution in [0.2, 0.25) is 0 Å². The Morgan fingerprint density at radius 2 is 1.26 bits per heavy atom. The zero-order valence-corrected chi connectivity index (χ0v) is 17.3. The summed E-state index contributed by atoms with van der Waals surface area (Å²) in [6.07, 6.45) is 0.0586. The van der Waals surface area contributed by atoms with E-state index in [9.17, 15) is 29.7 Å². The lowest BCUT2D eigenvalue weighted by Gasteiger charge is -2.25. The van der Waals surface area contributed by atoms with E-state index in [-0.39, 0.29) is 24.3 Å². The van der Waals surface area contributed by atoms with Gasteiger partial charge in [0.25, 0.3) is 0 Å². The van der Waals surface area contributed by atoms with Crippen LogP contribution in [-0.4, -0.2) is 50.7 Å². The molecular weight excluding hydrogens is 402 g/mol. The highest BCUT2D eigenvalue weighted by atomic mass is 16.4. The molecule has 9 heteroatoms. The fourth-order valence-corrected chi connectivity index (χ4v) is 2.76. The first-order valence-electron chi connectivity index (χ1n) is 9.64. The zero-order chi connectivity index (χ0) is 23.2. The number of benzene rings is 2. The third kappa shape index (κ3) is 7.31. The van der Waals surface area contributed by atoms with Gasteiger partial charge in [-0.2, -0.15) is 0 Å². The maximum atomic E-state index is 12.9. The molecule has 31 heavy (non-hydrogen) atoms. The highest BCUT2D eigenvalue weighted by Gasteiger charge is 2.30. The van der Waals surface area contributed by atoms with Crippen LogP contribution < -0.4 is 16.4 Å². The quantitative estimate of drug-likeness (QED) is 0.341. The van der Waals surface area contributed by atoms with Gasteiger partial charge in [0.05, 0.1) is 5.54 Å². The average Bonchev–Trinajstić information content (AvgIpc) is 2.69. The number of aromatic hydroxyl groups is 2. The van der Waals surface area contributed by atoms with Crippen molar-refractivity contribution in [1.29, 1.82) is 0 Å². The van der Waals surface area contributed by atoms with Crippen LogP contribution in [0.15, 0.2) is 48.5 Å². The number of carbonyl (C=O) groups is 3. The van der Waals surface area contributed by atoms with E-state index in [1.54, 1.807) is 24.3 Å². The number of hydrogen-bond acceptors (Lipinski definition) is 6. The summed E-state index contributed by atoms with van der Waals surface area (Å²) in [6.45, 7) is 2.98. The van der Waals surface area contributed by atoms with Crippen molar-refractivity contribution < 1.29 is 29.7 Å². The predicted molar refractivity (Wildman–Crippen MR) is 113 cm³/mol. The average molecular weight is 429 g/mol. The number of carboxylic acids is 1. The van der Waals surface area contributed by atoms with E-state index in [1.165, 1.54) is 38.1 Å². The van der Waals surface area contributed by atoms with E-state index in [0.29, 0.717) is 11.1 Å². The Hall–Kier alpha value is -3.59. The van der Waals surface area contributed by atoms with Gasteiger partial charge in [-0.1, -0.05) is 24.3 Å². The molecule has 0 unspecified atom stereocenters. The molecule has 166 valence electrons. The second kappa shape index (κ2) is 9.94. The first-order valence-corrected chi connectivity index (χ1v) is 9.64. The number of hydrogen-bond donors (Lipinski definition) is 6. The molecule has 0 aliphatic rings. The summed E-state index contributed by atoms with van der Waals surface area (Å²) in [6, 6.07) is 9.73. The number of carboxylic acid groups (broad SMARTS) is 1. The minimum absolute atomic E-state index is 0.0103. The van der Waals surface area contributed by atoms with E-state index >= 15 is 0 Å². The minimum Gasteiger partial charge on any atom is -0.508 e. The van der Waals surface area contributed by atoms with Gasteiger partial charge in [0.2, 0.25) is 11.8 Å². The van der Waals surface area contributed by atoms with Crippen LogP contribution in [-0.2, 0) is 27.2 Å². The van der Waals surface area contributed by atoms with Gasteiger partial charge in [0.15, 0.2) is 0 Å². The van der Waals surface area contributed by atoms with Crippen molar-refractivity contribution in [2.45, 2.75) is 44.3 Å². The Morgan fingerprint density at radius 3 is 1.65 bits per heavy atom. The largest absolute Gasteiger partial charge is 0.508 e. The summed E-state index contributed by atoms with van der Waals surface area (Å²) in [4.78, 5) is 37.0. The molecule has 7 N–H and O–H groups in total. The second-order valence-electron chi connectivity index (χ2n) is 7.89. The first-order chi connectivity index (χ1) is 14.5. The lowest BCUT2D eigenvalue weighted by atomic mass is 10.0. The Labute approximate surface area is 179 Å². The molecule has 2 aromatic rings. The number of carbonyl (C=O) groups excluding carboxylic acids is 2. The summed E-state index contributed by atoms with van der Waals surface area (Å²) in [5.74, 6) is -2.40. The summed E-state index contributed by atoms with van der Waals surface area (Å²) in [5.41, 5.74) is 5.82. The number of aliphatic carboxylic acids is 1. The van der Waals surface area contributed by atoms with Gasteiger partial charge >= 0.3 is 5.97 Å². The van der Waals surface area contributed by atoms with Crippen LogP contribution in [0.25, 0.3) is 0 Å². The molecule has 0 heterocycles. The topological polar surface area (TPSA) is 162 Å². The molecule has 0 fully saturated rings. The standard InChI is InChI=1S/C22H27N3O6/c1-22(2,23)21(31)25-17(11-13-3-7-15(26)8-4-13)19(28)24-18(20(29)30)12-14-5-9-16(27)10-6-14/h3-10,17-18,26-27H,11-12,23H2,1-2H3,(H,24,28)(H,25,31)(H,29,30)/t17-,18-/m0/s1. The van der Waals surface area contributed by atoms with Crippen molar-refractivity contribution in [1.82, 2.24) is 10.6 Å². The van der Waals surface area contributed by atoms with Crippen molar-refractivity contribution >= 4 is 17.8 Å². The molecule has 0 saturated carbocycles. The molecule has 0 spiro atoms. The predicted octanol–water partition coefficient (Wildman–Crippen LogP) is 0.675. The van der Waals surface area contributed by atoms with E-state index < -0.39 is 35.4 Å². The molecule has 0 radical (unpaired) electrons. The van der Waals surface area contributed by atoms with E-state index in [4.69, 9.17) is 5.73 Å². The van der Waals surface area contributed by atoms with Gasteiger partial charge in [-0.05, 0) is 49.2 Å². The maximum absolute atomic E-state index is 12.9. The summed E-state index contributed by atoms with van der Waals surface area (Å²) < 4.78 is 0. The third-order valence-electron chi connectivity index (χ3n) is 4.57. The lowest BCUT2D eigenvalue weighted by Crippen LogP contribution is -2.58. The van der Waals surface area contributed by atoms with Gasteiger partial charge < -0.3 is 31.7 Å². The molecule has 2 rings (SSSR count). The Bertz CT molecular complexity index is 920. The normalized spacial score (nSPS) is 13.1. The fourth-order valence-electron chi connectivity index (χ4n) is 2.76. The molecule has 2 aromatic carbocycles. The molecule has 0 aliphatic heterocycles. The highest BCUT2D eigenvalue weighted by Crippen LogP contribution is 2.14. The molecule has 2 atom stereocenters. The van der Waals surface area contributed by atoms with Crippen LogP contribution in [0.4, 0.5) is 0 Å². The van der Waals surface area contributed by atoms with Crippen molar-refractivity contribution in [2.24, 2.45) is 5.73 Å². The number of nitrogens with one attached hydrogen (secondary N) is 2.